The maximum absolute atomic E-state index is 12.4. The lowest BCUT2D eigenvalue weighted by molar-refractivity contribution is -0.385. The van der Waals surface area contributed by atoms with Gasteiger partial charge in [-0.1, -0.05) is 6.92 Å². The van der Waals surface area contributed by atoms with Gasteiger partial charge in [0.2, 0.25) is 5.91 Å². The Morgan fingerprint density at radius 1 is 1.38 bits per heavy atom. The van der Waals surface area contributed by atoms with Crippen molar-refractivity contribution in [1.29, 1.82) is 0 Å². The first-order chi connectivity index (χ1) is 9.90. The second-order valence-corrected chi connectivity index (χ2v) is 5.75. The predicted molar refractivity (Wildman–Crippen MR) is 81.4 cm³/mol. The molecule has 2 unspecified atom stereocenters. The molecule has 6 nitrogen and oxygen atoms in total. The molecule has 0 aliphatic carbocycles. The van der Waals surface area contributed by atoms with Gasteiger partial charge in [-0.2, -0.15) is 0 Å². The first-order valence-electron chi connectivity index (χ1n) is 7.20. The van der Waals surface area contributed by atoms with E-state index in [9.17, 15) is 14.9 Å². The number of hydrogen-bond donors (Lipinski definition) is 2. The van der Waals surface area contributed by atoms with E-state index in [-0.39, 0.29) is 17.6 Å². The summed E-state index contributed by atoms with van der Waals surface area (Å²) in [4.78, 5) is 22.9. The topological polar surface area (TPSA) is 84.3 Å². The van der Waals surface area contributed by atoms with Crippen LogP contribution in [0.5, 0.6) is 0 Å². The van der Waals surface area contributed by atoms with Crippen molar-refractivity contribution >= 4 is 17.3 Å². The Kier molecular flexibility index (Phi) is 4.57. The SMILES string of the molecule is Cc1cc([N+](=O)[O-])c(C)cc1NC(=O)C1NCCCC1C. The van der Waals surface area contributed by atoms with Crippen molar-refractivity contribution in [2.75, 3.05) is 11.9 Å². The summed E-state index contributed by atoms with van der Waals surface area (Å²) in [6, 6.07) is 2.97. The van der Waals surface area contributed by atoms with E-state index >= 15 is 0 Å². The van der Waals surface area contributed by atoms with E-state index in [1.165, 1.54) is 6.07 Å². The quantitative estimate of drug-likeness (QED) is 0.662. The highest BCUT2D eigenvalue weighted by atomic mass is 16.6. The van der Waals surface area contributed by atoms with Crippen molar-refractivity contribution in [3.8, 4) is 0 Å². The van der Waals surface area contributed by atoms with Crippen molar-refractivity contribution in [3.05, 3.63) is 33.4 Å². The van der Waals surface area contributed by atoms with Crippen LogP contribution in [0.25, 0.3) is 0 Å². The monoisotopic (exact) mass is 291 g/mol. The smallest absolute Gasteiger partial charge is 0.272 e. The van der Waals surface area contributed by atoms with Gasteiger partial charge in [0.25, 0.3) is 5.69 Å². The van der Waals surface area contributed by atoms with Crippen molar-refractivity contribution in [2.24, 2.45) is 5.92 Å². The second kappa shape index (κ2) is 6.22. The van der Waals surface area contributed by atoms with Crippen LogP contribution in [0.3, 0.4) is 0 Å². The van der Waals surface area contributed by atoms with Crippen molar-refractivity contribution < 1.29 is 9.72 Å². The van der Waals surface area contributed by atoms with Gasteiger partial charge in [-0.05, 0) is 50.8 Å². The summed E-state index contributed by atoms with van der Waals surface area (Å²) in [6.45, 7) is 6.35. The predicted octanol–water partition coefficient (Wildman–Crippen LogP) is 2.54. The summed E-state index contributed by atoms with van der Waals surface area (Å²) >= 11 is 0. The van der Waals surface area contributed by atoms with Crippen LogP contribution >= 0.6 is 0 Å². The fourth-order valence-electron chi connectivity index (χ4n) is 2.74. The van der Waals surface area contributed by atoms with Crippen LogP contribution < -0.4 is 10.6 Å². The van der Waals surface area contributed by atoms with Gasteiger partial charge in [0, 0.05) is 17.3 Å². The molecule has 1 aliphatic rings. The van der Waals surface area contributed by atoms with E-state index in [2.05, 4.69) is 17.6 Å². The molecule has 2 N–H and O–H groups in total. The van der Waals surface area contributed by atoms with E-state index in [0.29, 0.717) is 22.7 Å². The van der Waals surface area contributed by atoms with Crippen LogP contribution in [0.4, 0.5) is 11.4 Å². The Labute approximate surface area is 124 Å². The molecule has 1 amide bonds. The van der Waals surface area contributed by atoms with Gasteiger partial charge in [0.05, 0.1) is 11.0 Å². The molecule has 0 spiro atoms. The number of nitrogens with one attached hydrogen (secondary N) is 2. The number of carbonyl (C=O) groups excluding carboxylic acids is 1. The number of nitro benzene ring substituents is 1. The lowest BCUT2D eigenvalue weighted by atomic mass is 9.92. The normalized spacial score (nSPS) is 21.9. The maximum atomic E-state index is 12.4. The number of carbonyl (C=O) groups is 1. The van der Waals surface area contributed by atoms with E-state index in [0.717, 1.165) is 19.4 Å². The Morgan fingerprint density at radius 3 is 2.71 bits per heavy atom. The van der Waals surface area contributed by atoms with Crippen LogP contribution in [0.15, 0.2) is 12.1 Å². The highest BCUT2D eigenvalue weighted by molar-refractivity contribution is 5.96. The molecule has 0 bridgehead atoms. The number of rotatable bonds is 3. The summed E-state index contributed by atoms with van der Waals surface area (Å²) in [6.07, 6.45) is 2.12. The summed E-state index contributed by atoms with van der Waals surface area (Å²) in [5, 5.41) is 17.0. The number of nitrogens with zero attached hydrogens (tertiary/aromatic N) is 1. The van der Waals surface area contributed by atoms with Crippen molar-refractivity contribution in [2.45, 2.75) is 39.7 Å². The number of nitro groups is 1. The molecule has 1 aromatic carbocycles. The number of aryl methyl sites for hydroxylation is 2. The molecule has 0 radical (unpaired) electrons. The van der Waals surface area contributed by atoms with Crippen LogP contribution in [0, 0.1) is 29.9 Å². The zero-order valence-electron chi connectivity index (χ0n) is 12.6. The summed E-state index contributed by atoms with van der Waals surface area (Å²) < 4.78 is 0. The fourth-order valence-corrected chi connectivity index (χ4v) is 2.74. The number of hydrogen-bond acceptors (Lipinski definition) is 4. The lowest BCUT2D eigenvalue weighted by Crippen LogP contribution is -2.48. The molecule has 6 heteroatoms. The third kappa shape index (κ3) is 3.39. The number of anilines is 1. The van der Waals surface area contributed by atoms with Gasteiger partial charge < -0.3 is 10.6 Å². The molecular formula is C15H21N3O3. The lowest BCUT2D eigenvalue weighted by Gasteiger charge is -2.29. The number of amides is 1. The molecule has 1 heterocycles. The van der Waals surface area contributed by atoms with E-state index in [1.807, 2.05) is 0 Å². The van der Waals surface area contributed by atoms with Crippen LogP contribution in [-0.4, -0.2) is 23.4 Å². The van der Waals surface area contributed by atoms with Crippen LogP contribution in [-0.2, 0) is 4.79 Å². The van der Waals surface area contributed by atoms with Gasteiger partial charge >= 0.3 is 0 Å². The molecule has 0 saturated carbocycles. The zero-order chi connectivity index (χ0) is 15.6. The minimum Gasteiger partial charge on any atom is -0.324 e. The van der Waals surface area contributed by atoms with Gasteiger partial charge in [-0.15, -0.1) is 0 Å². The number of piperidine rings is 1. The minimum atomic E-state index is -0.404. The molecule has 2 rings (SSSR count). The molecule has 1 aliphatic heterocycles. The Hall–Kier alpha value is -1.95. The van der Waals surface area contributed by atoms with E-state index < -0.39 is 4.92 Å². The second-order valence-electron chi connectivity index (χ2n) is 5.75. The molecular weight excluding hydrogens is 270 g/mol. The molecule has 114 valence electrons. The molecule has 21 heavy (non-hydrogen) atoms. The van der Waals surface area contributed by atoms with Gasteiger partial charge in [0.15, 0.2) is 0 Å². The summed E-state index contributed by atoms with van der Waals surface area (Å²) in [5.41, 5.74) is 1.96. The summed E-state index contributed by atoms with van der Waals surface area (Å²) in [7, 11) is 0. The molecule has 1 fully saturated rings. The molecule has 2 atom stereocenters. The average molecular weight is 291 g/mol. The third-order valence-electron chi connectivity index (χ3n) is 4.05. The molecule has 1 aromatic rings. The summed E-state index contributed by atoms with van der Waals surface area (Å²) in [5.74, 6) is 0.219. The van der Waals surface area contributed by atoms with Gasteiger partial charge in [-0.3, -0.25) is 14.9 Å². The minimum absolute atomic E-state index is 0.0708. The fraction of sp³-hybridized carbons (Fsp3) is 0.533. The highest BCUT2D eigenvalue weighted by Crippen LogP contribution is 2.26. The zero-order valence-corrected chi connectivity index (χ0v) is 12.6. The van der Waals surface area contributed by atoms with Gasteiger partial charge in [0.1, 0.15) is 0 Å². The Balaban J connectivity index is 2.17. The Morgan fingerprint density at radius 2 is 2.10 bits per heavy atom. The maximum Gasteiger partial charge on any atom is 0.272 e. The van der Waals surface area contributed by atoms with Crippen LogP contribution in [0.1, 0.15) is 30.9 Å². The first-order valence-corrected chi connectivity index (χ1v) is 7.20. The number of benzene rings is 1. The van der Waals surface area contributed by atoms with E-state index in [1.54, 1.807) is 19.9 Å². The Bertz CT molecular complexity index is 572. The first kappa shape index (κ1) is 15.4. The largest absolute Gasteiger partial charge is 0.324 e. The van der Waals surface area contributed by atoms with Crippen molar-refractivity contribution in [1.82, 2.24) is 5.32 Å². The third-order valence-corrected chi connectivity index (χ3v) is 4.05. The standard InChI is InChI=1S/C15H21N3O3/c1-9-5-4-6-16-14(9)15(19)17-12-7-11(3)13(18(20)21)8-10(12)2/h7-9,14,16H,4-6H2,1-3H3,(H,17,19). The van der Waals surface area contributed by atoms with E-state index in [4.69, 9.17) is 0 Å². The van der Waals surface area contributed by atoms with Crippen LogP contribution in [0.2, 0.25) is 0 Å². The van der Waals surface area contributed by atoms with Gasteiger partial charge in [-0.25, -0.2) is 0 Å². The molecule has 0 aromatic heterocycles. The highest BCUT2D eigenvalue weighted by Gasteiger charge is 2.27. The van der Waals surface area contributed by atoms with Crippen molar-refractivity contribution in [3.63, 3.8) is 0 Å². The molecule has 1 saturated heterocycles. The average Bonchev–Trinajstić information content (AvgIpc) is 2.42.